The molecule has 0 nitrogen and oxygen atoms in total. The number of thiophene rings is 2. The maximum Gasteiger partial charge on any atom is 0.0433 e. The lowest BCUT2D eigenvalue weighted by atomic mass is 9.79. The molecule has 13 rings (SSSR count). The van der Waals surface area contributed by atoms with Crippen molar-refractivity contribution in [3.63, 3.8) is 0 Å². The summed E-state index contributed by atoms with van der Waals surface area (Å²) in [6, 6.07) is 76.7. The van der Waals surface area contributed by atoms with Gasteiger partial charge in [-0.15, -0.1) is 22.7 Å². The summed E-state index contributed by atoms with van der Waals surface area (Å²) in [5.41, 5.74) is 19.1. The van der Waals surface area contributed by atoms with Crippen LogP contribution in [0.1, 0.15) is 36.3 Å². The van der Waals surface area contributed by atoms with Gasteiger partial charge in [-0.2, -0.15) is 0 Å². The SMILES string of the molecule is C1=CCCC(C2=CC(c3cccc(-c4cccc(-c5cccc(-c6cc(-c7ccccc7)cc(-c7cccc8c7sc7ccccc78)c6)c5)c4)c3)=CC(c3cccc4c3sc3ccccc34)C2)=C1. The van der Waals surface area contributed by atoms with Crippen molar-refractivity contribution in [2.24, 2.45) is 0 Å². The van der Waals surface area contributed by atoms with Gasteiger partial charge in [-0.3, -0.25) is 0 Å². The van der Waals surface area contributed by atoms with Gasteiger partial charge in [-0.25, -0.2) is 0 Å². The third kappa shape index (κ3) is 7.47. The van der Waals surface area contributed by atoms with E-state index in [-0.39, 0.29) is 5.92 Å². The molecule has 0 radical (unpaired) electrons. The molecule has 0 bridgehead atoms. The second-order valence-electron chi connectivity index (χ2n) is 18.3. The smallest absolute Gasteiger partial charge is 0.0433 e. The highest BCUT2D eigenvalue weighted by Gasteiger charge is 2.24. The Morgan fingerprint density at radius 1 is 0.382 bits per heavy atom. The molecule has 1 unspecified atom stereocenters. The summed E-state index contributed by atoms with van der Waals surface area (Å²) in [7, 11) is 0. The Balaban J connectivity index is 0.867. The molecule has 2 aliphatic carbocycles. The fourth-order valence-corrected chi connectivity index (χ4v) is 13.2. The van der Waals surface area contributed by atoms with Gasteiger partial charge in [0.15, 0.2) is 0 Å². The van der Waals surface area contributed by atoms with Gasteiger partial charge < -0.3 is 0 Å². The van der Waals surface area contributed by atoms with Gasteiger partial charge in [-0.05, 0) is 151 Å². The molecule has 0 amide bonds. The van der Waals surface area contributed by atoms with Gasteiger partial charge >= 0.3 is 0 Å². The monoisotopic (exact) mass is 902 g/mol. The van der Waals surface area contributed by atoms with E-state index in [9.17, 15) is 0 Å². The van der Waals surface area contributed by atoms with Crippen molar-refractivity contribution in [3.05, 3.63) is 259 Å². The zero-order valence-corrected chi connectivity index (χ0v) is 39.2. The Hall–Kier alpha value is -7.62. The summed E-state index contributed by atoms with van der Waals surface area (Å²) < 4.78 is 5.43. The van der Waals surface area contributed by atoms with Crippen LogP contribution in [0.25, 0.3) is 102 Å². The first-order valence-corrected chi connectivity index (χ1v) is 25.4. The highest BCUT2D eigenvalue weighted by atomic mass is 32.1. The lowest BCUT2D eigenvalue weighted by Crippen LogP contribution is -2.07. The summed E-state index contributed by atoms with van der Waals surface area (Å²) in [6.45, 7) is 0. The lowest BCUT2D eigenvalue weighted by Gasteiger charge is -2.25. The van der Waals surface area contributed by atoms with Crippen molar-refractivity contribution in [3.8, 4) is 55.6 Å². The van der Waals surface area contributed by atoms with Crippen molar-refractivity contribution >= 4 is 68.6 Å². The normalized spacial score (nSPS) is 14.9. The van der Waals surface area contributed by atoms with Crippen molar-refractivity contribution in [2.75, 3.05) is 0 Å². The van der Waals surface area contributed by atoms with Crippen LogP contribution in [0.5, 0.6) is 0 Å². The minimum atomic E-state index is 0.279. The number of hydrogen-bond donors (Lipinski definition) is 0. The first-order valence-electron chi connectivity index (χ1n) is 23.8. The minimum absolute atomic E-state index is 0.279. The summed E-state index contributed by atoms with van der Waals surface area (Å²) in [6.07, 6.45) is 15.1. The molecule has 2 heterocycles. The third-order valence-corrected chi connectivity index (χ3v) is 16.5. The second-order valence-corrected chi connectivity index (χ2v) is 20.4. The molecule has 2 aromatic heterocycles. The van der Waals surface area contributed by atoms with Gasteiger partial charge in [0.05, 0.1) is 0 Å². The van der Waals surface area contributed by atoms with E-state index in [2.05, 4.69) is 237 Å². The number of benzene rings is 9. The van der Waals surface area contributed by atoms with Gasteiger partial charge in [0.1, 0.15) is 0 Å². The van der Waals surface area contributed by atoms with Crippen LogP contribution in [0.15, 0.2) is 248 Å². The van der Waals surface area contributed by atoms with Crippen LogP contribution in [0, 0.1) is 0 Å². The molecule has 0 aliphatic heterocycles. The minimum Gasteiger partial charge on any atom is -0.135 e. The molecule has 0 spiro atoms. The Labute approximate surface area is 405 Å². The van der Waals surface area contributed by atoms with Gasteiger partial charge in [0, 0.05) is 46.3 Å². The van der Waals surface area contributed by atoms with Crippen LogP contribution in [-0.4, -0.2) is 0 Å². The molecule has 1 atom stereocenters. The fourth-order valence-electron chi connectivity index (χ4n) is 10.7. The van der Waals surface area contributed by atoms with Crippen LogP contribution in [0.3, 0.4) is 0 Å². The Morgan fingerprint density at radius 2 is 0.882 bits per heavy atom. The average molecular weight is 903 g/mol. The third-order valence-electron chi connectivity index (χ3n) is 14.1. The van der Waals surface area contributed by atoms with Crippen molar-refractivity contribution < 1.29 is 0 Å². The van der Waals surface area contributed by atoms with Crippen molar-refractivity contribution in [2.45, 2.75) is 25.2 Å². The zero-order chi connectivity index (χ0) is 45.0. The van der Waals surface area contributed by atoms with Crippen LogP contribution >= 0.6 is 22.7 Å². The molecule has 68 heavy (non-hydrogen) atoms. The summed E-state index contributed by atoms with van der Waals surface area (Å²) >= 11 is 3.83. The summed E-state index contributed by atoms with van der Waals surface area (Å²) in [4.78, 5) is 0. The topological polar surface area (TPSA) is 0 Å². The van der Waals surface area contributed by atoms with E-state index in [0.717, 1.165) is 19.3 Å². The highest BCUT2D eigenvalue weighted by Crippen LogP contribution is 2.46. The Kier molecular flexibility index (Phi) is 10.3. The standard InChI is InChI=1S/C66H46S2/c1-3-16-43(17-4-1)51-37-53(41-55(39-51)57-28-14-30-61-59-26-7-9-32-63(59)67-65(57)61)49-24-12-22-47(35-49)45-20-11-21-46(34-45)48-23-13-25-50(36-48)54-38-52(44-18-5-2-6-19-44)40-56(42-54)58-29-15-31-62-60-27-8-10-33-64(60)68-66(58)62/h1-5,7-18,20-39,41-42,56H,6,19,40H2. The molecule has 0 saturated carbocycles. The molecular formula is C66H46S2. The fraction of sp³-hybridized carbons (Fsp3) is 0.0606. The van der Waals surface area contributed by atoms with Crippen molar-refractivity contribution in [1.82, 2.24) is 0 Å². The van der Waals surface area contributed by atoms with Crippen molar-refractivity contribution in [1.29, 1.82) is 0 Å². The number of fused-ring (bicyclic) bond motifs is 6. The molecule has 0 fully saturated rings. The summed E-state index contributed by atoms with van der Waals surface area (Å²) in [5, 5.41) is 5.37. The van der Waals surface area contributed by atoms with E-state index >= 15 is 0 Å². The predicted molar refractivity (Wildman–Crippen MR) is 296 cm³/mol. The average Bonchev–Trinajstić information content (AvgIpc) is 4.00. The van der Waals surface area contributed by atoms with E-state index in [4.69, 9.17) is 0 Å². The Morgan fingerprint density at radius 3 is 1.56 bits per heavy atom. The molecular weight excluding hydrogens is 857 g/mol. The van der Waals surface area contributed by atoms with E-state index in [0.29, 0.717) is 0 Å². The molecule has 11 aromatic rings. The molecule has 0 N–H and O–H groups in total. The van der Waals surface area contributed by atoms with E-state index in [1.54, 1.807) is 0 Å². The van der Waals surface area contributed by atoms with Gasteiger partial charge in [0.25, 0.3) is 0 Å². The number of rotatable bonds is 8. The van der Waals surface area contributed by atoms with Crippen LogP contribution in [0.4, 0.5) is 0 Å². The van der Waals surface area contributed by atoms with Gasteiger partial charge in [-0.1, -0.05) is 188 Å². The van der Waals surface area contributed by atoms with E-state index < -0.39 is 0 Å². The van der Waals surface area contributed by atoms with Gasteiger partial charge in [0.2, 0.25) is 0 Å². The molecule has 2 heteroatoms. The Bertz CT molecular complexity index is 3880. The molecule has 9 aromatic carbocycles. The highest BCUT2D eigenvalue weighted by molar-refractivity contribution is 7.26. The molecule has 0 saturated heterocycles. The maximum absolute atomic E-state index is 2.55. The summed E-state index contributed by atoms with van der Waals surface area (Å²) in [5.74, 6) is 0.279. The lowest BCUT2D eigenvalue weighted by molar-refractivity contribution is 0.810. The number of hydrogen-bond acceptors (Lipinski definition) is 2. The largest absolute Gasteiger partial charge is 0.135 e. The van der Waals surface area contributed by atoms with E-state index in [1.807, 2.05) is 22.7 Å². The number of allylic oxidation sites excluding steroid dienone is 8. The molecule has 322 valence electrons. The molecule has 2 aliphatic rings. The first-order chi connectivity index (χ1) is 33.7. The van der Waals surface area contributed by atoms with E-state index in [1.165, 1.54) is 124 Å². The maximum atomic E-state index is 2.55. The van der Waals surface area contributed by atoms with Crippen LogP contribution < -0.4 is 0 Å². The quantitative estimate of drug-likeness (QED) is 0.143. The predicted octanol–water partition coefficient (Wildman–Crippen LogP) is 19.5. The van der Waals surface area contributed by atoms with Crippen LogP contribution in [0.2, 0.25) is 0 Å². The first kappa shape index (κ1) is 40.6. The zero-order valence-electron chi connectivity index (χ0n) is 37.5. The second kappa shape index (κ2) is 17.2. The van der Waals surface area contributed by atoms with Crippen LogP contribution in [-0.2, 0) is 0 Å².